The Kier molecular flexibility index (Phi) is 6.66. The van der Waals surface area contributed by atoms with Gasteiger partial charge in [0.2, 0.25) is 0 Å². The molecule has 0 radical (unpaired) electrons. The van der Waals surface area contributed by atoms with Gasteiger partial charge >= 0.3 is 0 Å². The molecule has 1 aliphatic carbocycles. The second-order valence-electron chi connectivity index (χ2n) is 14.9. The fraction of sp³-hybridized carbons (Fsp3) is 0. The van der Waals surface area contributed by atoms with Gasteiger partial charge < -0.3 is 9.47 Å². The van der Waals surface area contributed by atoms with Gasteiger partial charge in [-0.15, -0.1) is 0 Å². The molecule has 1 aromatic heterocycles. The van der Waals surface area contributed by atoms with Crippen molar-refractivity contribution < 1.29 is 0 Å². The van der Waals surface area contributed by atoms with Crippen LogP contribution in [0.2, 0.25) is 0 Å². The molecular formula is C54H34N2. The van der Waals surface area contributed by atoms with E-state index in [0.29, 0.717) is 0 Å². The van der Waals surface area contributed by atoms with Gasteiger partial charge in [0.1, 0.15) is 0 Å². The second-order valence-corrected chi connectivity index (χ2v) is 14.9. The van der Waals surface area contributed by atoms with E-state index in [1.807, 2.05) is 0 Å². The minimum Gasteiger partial charge on any atom is -0.310 e. The van der Waals surface area contributed by atoms with E-state index in [0.717, 1.165) is 11.4 Å². The Labute approximate surface area is 324 Å². The molecular weight excluding hydrogens is 677 g/mol. The van der Waals surface area contributed by atoms with Gasteiger partial charge in [0.15, 0.2) is 0 Å². The first-order valence-electron chi connectivity index (χ1n) is 19.4. The number of nitrogens with zero attached hydrogens (tertiary/aromatic N) is 2. The predicted molar refractivity (Wildman–Crippen MR) is 238 cm³/mol. The Morgan fingerprint density at radius 3 is 1.89 bits per heavy atom. The molecule has 2 nitrogen and oxygen atoms in total. The molecule has 0 fully saturated rings. The van der Waals surface area contributed by atoms with Crippen LogP contribution in [0.4, 0.5) is 17.1 Å². The van der Waals surface area contributed by atoms with Crippen LogP contribution >= 0.6 is 0 Å². The summed E-state index contributed by atoms with van der Waals surface area (Å²) in [6.45, 7) is 0. The SMILES string of the molecule is c1ccc(-c2ccccc2-n2c3ccccc3c3cc(N(c4ccc5ccccc5c4)c4cccc5c4-c4c6ccccc6cc6cccc-5c46)ccc32)cc1. The van der Waals surface area contributed by atoms with E-state index in [1.54, 1.807) is 0 Å². The Morgan fingerprint density at radius 2 is 0.982 bits per heavy atom. The minimum absolute atomic E-state index is 1.12. The van der Waals surface area contributed by atoms with Gasteiger partial charge in [0.05, 0.1) is 22.4 Å². The first kappa shape index (κ1) is 31.0. The van der Waals surface area contributed by atoms with Gasteiger partial charge in [-0.3, -0.25) is 0 Å². The van der Waals surface area contributed by atoms with Crippen molar-refractivity contribution in [2.24, 2.45) is 0 Å². The molecule has 0 spiro atoms. The molecule has 10 aromatic carbocycles. The molecule has 56 heavy (non-hydrogen) atoms. The first-order valence-corrected chi connectivity index (χ1v) is 19.4. The van der Waals surface area contributed by atoms with E-state index in [1.165, 1.54) is 98.9 Å². The largest absolute Gasteiger partial charge is 0.310 e. The highest BCUT2D eigenvalue weighted by atomic mass is 15.1. The van der Waals surface area contributed by atoms with Crippen LogP contribution in [0.15, 0.2) is 206 Å². The summed E-state index contributed by atoms with van der Waals surface area (Å²) in [5.74, 6) is 0. The van der Waals surface area contributed by atoms with Crippen molar-refractivity contribution in [2.45, 2.75) is 0 Å². The number of rotatable bonds is 5. The normalized spacial score (nSPS) is 11.9. The molecule has 0 atom stereocenters. The minimum atomic E-state index is 1.12. The average Bonchev–Trinajstić information content (AvgIpc) is 3.78. The van der Waals surface area contributed by atoms with Gasteiger partial charge in [0.25, 0.3) is 0 Å². The van der Waals surface area contributed by atoms with Crippen LogP contribution < -0.4 is 4.90 Å². The fourth-order valence-electron chi connectivity index (χ4n) is 9.45. The topological polar surface area (TPSA) is 8.17 Å². The zero-order chi connectivity index (χ0) is 36.7. The third-order valence-electron chi connectivity index (χ3n) is 11.8. The maximum absolute atomic E-state index is 2.49. The van der Waals surface area contributed by atoms with Crippen molar-refractivity contribution in [2.75, 3.05) is 4.90 Å². The summed E-state index contributed by atoms with van der Waals surface area (Å²) < 4.78 is 2.45. The molecule has 0 unspecified atom stereocenters. The highest BCUT2D eigenvalue weighted by Crippen LogP contribution is 2.56. The maximum Gasteiger partial charge on any atom is 0.0546 e. The number of benzene rings is 10. The summed E-state index contributed by atoms with van der Waals surface area (Å²) >= 11 is 0. The second kappa shape index (κ2) is 12.0. The van der Waals surface area contributed by atoms with Crippen LogP contribution in [0.1, 0.15) is 0 Å². The van der Waals surface area contributed by atoms with Crippen LogP contribution in [0.25, 0.3) is 93.2 Å². The lowest BCUT2D eigenvalue weighted by atomic mass is 9.94. The number of anilines is 3. The van der Waals surface area contributed by atoms with Crippen molar-refractivity contribution in [1.29, 1.82) is 0 Å². The molecule has 0 saturated heterocycles. The van der Waals surface area contributed by atoms with Crippen molar-refractivity contribution in [1.82, 2.24) is 4.57 Å². The van der Waals surface area contributed by atoms with Crippen LogP contribution in [0.5, 0.6) is 0 Å². The summed E-state index contributed by atoms with van der Waals surface area (Å²) in [5.41, 5.74) is 14.5. The quantitative estimate of drug-likeness (QED) is 0.161. The summed E-state index contributed by atoms with van der Waals surface area (Å²) in [4.78, 5) is 2.49. The molecule has 0 bridgehead atoms. The Hall–Kier alpha value is -7.42. The number of fused-ring (bicyclic) bond motifs is 9. The highest BCUT2D eigenvalue weighted by molar-refractivity contribution is 6.26. The van der Waals surface area contributed by atoms with E-state index in [2.05, 4.69) is 216 Å². The molecule has 0 saturated carbocycles. The summed E-state index contributed by atoms with van der Waals surface area (Å²) in [7, 11) is 0. The van der Waals surface area contributed by atoms with Gasteiger partial charge in [-0.2, -0.15) is 0 Å². The van der Waals surface area contributed by atoms with Crippen LogP contribution in [0, 0.1) is 0 Å². The summed E-state index contributed by atoms with van der Waals surface area (Å²) in [6, 6.07) is 75.8. The molecule has 2 heteroatoms. The van der Waals surface area contributed by atoms with E-state index < -0.39 is 0 Å². The number of hydrogen-bond donors (Lipinski definition) is 0. The first-order chi connectivity index (χ1) is 27.8. The van der Waals surface area contributed by atoms with Crippen molar-refractivity contribution in [3.05, 3.63) is 206 Å². The van der Waals surface area contributed by atoms with Crippen LogP contribution in [-0.4, -0.2) is 4.57 Å². The molecule has 0 aliphatic heterocycles. The monoisotopic (exact) mass is 710 g/mol. The van der Waals surface area contributed by atoms with Crippen molar-refractivity contribution >= 4 is 71.2 Å². The molecule has 0 N–H and O–H groups in total. The number of para-hydroxylation sites is 2. The average molecular weight is 711 g/mol. The predicted octanol–water partition coefficient (Wildman–Crippen LogP) is 15.0. The highest BCUT2D eigenvalue weighted by Gasteiger charge is 2.29. The third kappa shape index (κ3) is 4.50. The van der Waals surface area contributed by atoms with E-state index >= 15 is 0 Å². The van der Waals surface area contributed by atoms with E-state index in [-0.39, 0.29) is 0 Å². The molecule has 11 aromatic rings. The van der Waals surface area contributed by atoms with Crippen LogP contribution in [-0.2, 0) is 0 Å². The summed E-state index contributed by atoms with van der Waals surface area (Å²) in [6.07, 6.45) is 0. The Bertz CT molecular complexity index is 3370. The molecule has 12 rings (SSSR count). The lowest BCUT2D eigenvalue weighted by molar-refractivity contribution is 1.18. The van der Waals surface area contributed by atoms with E-state index in [4.69, 9.17) is 0 Å². The Morgan fingerprint density at radius 1 is 0.339 bits per heavy atom. The standard InChI is InChI=1S/C54H34N2/c1-2-15-36(16-3-1)42-20-8-10-25-48(42)56-49-26-11-9-22-44(49)47-34-41(30-31-50(47)56)55(40-29-28-35-14-4-5-17-37(35)33-40)51-27-13-24-46-45-23-12-19-39-32-38-18-6-7-21-43(38)54(52(39)45)53(46)51/h1-34H. The molecule has 260 valence electrons. The van der Waals surface area contributed by atoms with Crippen molar-refractivity contribution in [3.8, 4) is 39.1 Å². The fourth-order valence-corrected chi connectivity index (χ4v) is 9.45. The van der Waals surface area contributed by atoms with Gasteiger partial charge in [-0.25, -0.2) is 0 Å². The third-order valence-corrected chi connectivity index (χ3v) is 11.8. The van der Waals surface area contributed by atoms with Gasteiger partial charge in [-0.1, -0.05) is 152 Å². The zero-order valence-corrected chi connectivity index (χ0v) is 30.5. The Balaban J connectivity index is 1.15. The molecule has 0 amide bonds. The van der Waals surface area contributed by atoms with Gasteiger partial charge in [0, 0.05) is 38.8 Å². The lowest BCUT2D eigenvalue weighted by Gasteiger charge is -2.29. The van der Waals surface area contributed by atoms with Crippen molar-refractivity contribution in [3.63, 3.8) is 0 Å². The van der Waals surface area contributed by atoms with E-state index in [9.17, 15) is 0 Å². The van der Waals surface area contributed by atoms with Crippen LogP contribution in [0.3, 0.4) is 0 Å². The summed E-state index contributed by atoms with van der Waals surface area (Å²) in [5, 5.41) is 10.1. The molecule has 1 heterocycles. The smallest absolute Gasteiger partial charge is 0.0546 e. The zero-order valence-electron chi connectivity index (χ0n) is 30.5. The maximum atomic E-state index is 2.49. The lowest BCUT2D eigenvalue weighted by Crippen LogP contribution is -2.11. The number of aromatic nitrogens is 1. The number of hydrogen-bond acceptors (Lipinski definition) is 1. The van der Waals surface area contributed by atoms with Gasteiger partial charge in [-0.05, 0) is 104 Å². The molecule has 1 aliphatic rings.